The first-order valence-corrected chi connectivity index (χ1v) is 6.75. The Bertz CT molecular complexity index is 229. The van der Waals surface area contributed by atoms with Crippen LogP contribution in [0.15, 0.2) is 24.3 Å². The molecule has 17 heavy (non-hydrogen) atoms. The molecule has 0 aliphatic carbocycles. The van der Waals surface area contributed by atoms with Gasteiger partial charge in [0.25, 0.3) is 0 Å². The molecular formula is C15H30N2. The van der Waals surface area contributed by atoms with Crippen molar-refractivity contribution >= 4 is 0 Å². The van der Waals surface area contributed by atoms with Crippen LogP contribution in [0.1, 0.15) is 47.0 Å². The van der Waals surface area contributed by atoms with E-state index in [0.717, 1.165) is 19.5 Å². The lowest BCUT2D eigenvalue weighted by Gasteiger charge is -2.28. The summed E-state index contributed by atoms with van der Waals surface area (Å²) < 4.78 is 0. The molecule has 0 heterocycles. The van der Waals surface area contributed by atoms with E-state index in [1.165, 1.54) is 18.4 Å². The molecule has 0 spiro atoms. The smallest absolute Gasteiger partial charge is 0.0577 e. The predicted molar refractivity (Wildman–Crippen MR) is 77.9 cm³/mol. The number of likely N-dealkylation sites (N-methyl/N-ethyl adjacent to an activating group) is 1. The Morgan fingerprint density at radius 1 is 1.41 bits per heavy atom. The molecule has 2 atom stereocenters. The molecule has 0 rings (SSSR count). The van der Waals surface area contributed by atoms with Crippen molar-refractivity contribution in [1.82, 2.24) is 4.90 Å². The van der Waals surface area contributed by atoms with Crippen LogP contribution >= 0.6 is 0 Å². The van der Waals surface area contributed by atoms with Gasteiger partial charge in [0.05, 0.1) is 6.17 Å². The molecule has 0 saturated heterocycles. The van der Waals surface area contributed by atoms with E-state index in [1.54, 1.807) is 0 Å². The lowest BCUT2D eigenvalue weighted by atomic mass is 9.99. The molecule has 0 aliphatic heterocycles. The van der Waals surface area contributed by atoms with Crippen molar-refractivity contribution < 1.29 is 0 Å². The number of allylic oxidation sites excluding steroid dienone is 2. The van der Waals surface area contributed by atoms with E-state index in [1.807, 2.05) is 6.08 Å². The molecular weight excluding hydrogens is 208 g/mol. The molecule has 0 amide bonds. The van der Waals surface area contributed by atoms with E-state index < -0.39 is 0 Å². The number of hydrogen-bond acceptors (Lipinski definition) is 2. The maximum Gasteiger partial charge on any atom is 0.0577 e. The molecule has 0 aromatic carbocycles. The third-order valence-corrected chi connectivity index (χ3v) is 3.09. The maximum atomic E-state index is 6.21. The summed E-state index contributed by atoms with van der Waals surface area (Å²) in [5.41, 5.74) is 7.62. The minimum Gasteiger partial charge on any atom is -0.316 e. The molecule has 0 aromatic rings. The Balaban J connectivity index is 3.96. The summed E-state index contributed by atoms with van der Waals surface area (Å²) in [7, 11) is 0. The normalized spacial score (nSPS) is 14.5. The zero-order valence-corrected chi connectivity index (χ0v) is 12.1. The molecule has 0 fully saturated rings. The van der Waals surface area contributed by atoms with Gasteiger partial charge in [0.1, 0.15) is 0 Å². The zero-order valence-electron chi connectivity index (χ0n) is 12.1. The largest absolute Gasteiger partial charge is 0.316 e. The van der Waals surface area contributed by atoms with Crippen molar-refractivity contribution in [1.29, 1.82) is 0 Å². The van der Waals surface area contributed by atoms with Crippen LogP contribution in [0.2, 0.25) is 0 Å². The second-order valence-electron chi connectivity index (χ2n) is 5.14. The molecule has 2 unspecified atom stereocenters. The van der Waals surface area contributed by atoms with Crippen LogP contribution in [0.3, 0.4) is 0 Å². The van der Waals surface area contributed by atoms with Gasteiger partial charge in [0.15, 0.2) is 0 Å². The summed E-state index contributed by atoms with van der Waals surface area (Å²) in [6.45, 7) is 14.4. The number of nitrogens with zero attached hydrogens (tertiary/aromatic N) is 1. The quantitative estimate of drug-likeness (QED) is 0.491. The van der Waals surface area contributed by atoms with E-state index in [2.05, 4.69) is 45.2 Å². The van der Waals surface area contributed by atoms with E-state index in [9.17, 15) is 0 Å². The molecule has 100 valence electrons. The molecule has 2 N–H and O–H groups in total. The van der Waals surface area contributed by atoms with E-state index >= 15 is 0 Å². The predicted octanol–water partition coefficient (Wildman–Crippen LogP) is 3.55. The summed E-state index contributed by atoms with van der Waals surface area (Å²) in [6, 6.07) is 0. The number of hydrogen-bond donors (Lipinski definition) is 1. The molecule has 0 radical (unpaired) electrons. The summed E-state index contributed by atoms with van der Waals surface area (Å²) in [5.74, 6) is 0.680. The van der Waals surface area contributed by atoms with E-state index in [-0.39, 0.29) is 6.17 Å². The van der Waals surface area contributed by atoms with Gasteiger partial charge in [-0.2, -0.15) is 0 Å². The van der Waals surface area contributed by atoms with Gasteiger partial charge < -0.3 is 5.73 Å². The Kier molecular flexibility index (Phi) is 9.10. The first kappa shape index (κ1) is 16.4. The van der Waals surface area contributed by atoms with Gasteiger partial charge in [-0.3, -0.25) is 4.90 Å². The Hall–Kier alpha value is -0.600. The SMILES string of the molecule is C=CCN(CC)C(N)CC(C)CCC=C(C)C. The van der Waals surface area contributed by atoms with Gasteiger partial charge in [-0.15, -0.1) is 6.58 Å². The average molecular weight is 238 g/mol. The molecule has 2 nitrogen and oxygen atoms in total. The number of nitrogens with two attached hydrogens (primary N) is 1. The number of rotatable bonds is 9. The van der Waals surface area contributed by atoms with Crippen molar-refractivity contribution in [2.75, 3.05) is 13.1 Å². The van der Waals surface area contributed by atoms with Gasteiger partial charge in [-0.1, -0.05) is 31.6 Å². The highest BCUT2D eigenvalue weighted by Gasteiger charge is 2.14. The fourth-order valence-corrected chi connectivity index (χ4v) is 2.00. The highest BCUT2D eigenvalue weighted by molar-refractivity contribution is 4.92. The van der Waals surface area contributed by atoms with Crippen molar-refractivity contribution in [2.24, 2.45) is 11.7 Å². The third-order valence-electron chi connectivity index (χ3n) is 3.09. The van der Waals surface area contributed by atoms with Crippen LogP contribution in [0.5, 0.6) is 0 Å². The molecule has 0 aromatic heterocycles. The topological polar surface area (TPSA) is 29.3 Å². The highest BCUT2D eigenvalue weighted by Crippen LogP contribution is 2.15. The standard InChI is InChI=1S/C15H30N2/c1-6-11-17(7-2)15(16)12-14(5)10-8-9-13(3)4/h6,9,14-15H,1,7-8,10-12,16H2,2-5H3. The Morgan fingerprint density at radius 3 is 2.53 bits per heavy atom. The average Bonchev–Trinajstić information content (AvgIpc) is 2.24. The van der Waals surface area contributed by atoms with E-state index in [0.29, 0.717) is 5.92 Å². The fraction of sp³-hybridized carbons (Fsp3) is 0.733. The van der Waals surface area contributed by atoms with Gasteiger partial charge in [0, 0.05) is 6.54 Å². The first-order valence-electron chi connectivity index (χ1n) is 6.75. The highest BCUT2D eigenvalue weighted by atomic mass is 15.2. The second-order valence-corrected chi connectivity index (χ2v) is 5.14. The second kappa shape index (κ2) is 9.43. The summed E-state index contributed by atoms with van der Waals surface area (Å²) >= 11 is 0. The lowest BCUT2D eigenvalue weighted by Crippen LogP contribution is -2.43. The van der Waals surface area contributed by atoms with Crippen molar-refractivity contribution in [2.45, 2.75) is 53.1 Å². The van der Waals surface area contributed by atoms with Crippen molar-refractivity contribution in [3.05, 3.63) is 24.3 Å². The van der Waals surface area contributed by atoms with Crippen LogP contribution in [-0.4, -0.2) is 24.2 Å². The van der Waals surface area contributed by atoms with Crippen molar-refractivity contribution in [3.8, 4) is 0 Å². The van der Waals surface area contributed by atoms with Crippen LogP contribution in [0.25, 0.3) is 0 Å². The van der Waals surface area contributed by atoms with Gasteiger partial charge in [-0.25, -0.2) is 0 Å². The van der Waals surface area contributed by atoms with Crippen LogP contribution in [0.4, 0.5) is 0 Å². The Morgan fingerprint density at radius 2 is 2.06 bits per heavy atom. The van der Waals surface area contributed by atoms with E-state index in [4.69, 9.17) is 5.73 Å². The summed E-state index contributed by atoms with van der Waals surface area (Å²) in [6.07, 6.45) is 7.87. The van der Waals surface area contributed by atoms with Gasteiger partial charge in [0.2, 0.25) is 0 Å². The first-order chi connectivity index (χ1) is 8.01. The third kappa shape index (κ3) is 8.17. The zero-order chi connectivity index (χ0) is 13.3. The Labute approximate surface area is 108 Å². The van der Waals surface area contributed by atoms with Gasteiger partial charge >= 0.3 is 0 Å². The lowest BCUT2D eigenvalue weighted by molar-refractivity contribution is 0.199. The maximum absolute atomic E-state index is 6.21. The fourth-order valence-electron chi connectivity index (χ4n) is 2.00. The van der Waals surface area contributed by atoms with Gasteiger partial charge in [-0.05, 0) is 45.6 Å². The monoisotopic (exact) mass is 238 g/mol. The molecule has 2 heteroatoms. The van der Waals surface area contributed by atoms with Crippen LogP contribution in [-0.2, 0) is 0 Å². The minimum absolute atomic E-state index is 0.166. The summed E-state index contributed by atoms with van der Waals surface area (Å²) in [4.78, 5) is 2.27. The van der Waals surface area contributed by atoms with Crippen LogP contribution in [0, 0.1) is 5.92 Å². The molecule has 0 aliphatic rings. The molecule has 0 bridgehead atoms. The summed E-state index contributed by atoms with van der Waals surface area (Å²) in [5, 5.41) is 0. The minimum atomic E-state index is 0.166. The van der Waals surface area contributed by atoms with Crippen molar-refractivity contribution in [3.63, 3.8) is 0 Å². The van der Waals surface area contributed by atoms with Crippen LogP contribution < -0.4 is 5.73 Å². The molecule has 0 saturated carbocycles.